The molecule has 0 aliphatic carbocycles. The van der Waals surface area contributed by atoms with Gasteiger partial charge in [0.05, 0.1) is 0 Å². The first kappa shape index (κ1) is 24.1. The van der Waals surface area contributed by atoms with Crippen molar-refractivity contribution in [2.24, 2.45) is 0 Å². The van der Waals surface area contributed by atoms with Gasteiger partial charge in [-0.15, -0.1) is 0 Å². The largest absolute Gasteiger partial charge is 0.500 e. The van der Waals surface area contributed by atoms with Crippen LogP contribution in [0.4, 0.5) is 0 Å². The molecular weight excluding hydrogens is 318 g/mol. The summed E-state index contributed by atoms with van der Waals surface area (Å²) in [5, 5.41) is 0. The van der Waals surface area contributed by atoms with Gasteiger partial charge in [-0.1, -0.05) is 52.4 Å². The minimum atomic E-state index is -2.34. The van der Waals surface area contributed by atoms with E-state index in [0.717, 1.165) is 12.5 Å². The molecule has 0 aromatic rings. The van der Waals surface area contributed by atoms with Gasteiger partial charge < -0.3 is 18.2 Å². The number of unbranched alkanes of at least 4 members (excludes halogenated alkanes) is 7. The highest BCUT2D eigenvalue weighted by Gasteiger charge is 2.36. The molecule has 0 amide bonds. The highest BCUT2D eigenvalue weighted by Crippen LogP contribution is 2.18. The molecule has 0 fully saturated rings. The molecule has 0 atom stereocenters. The van der Waals surface area contributed by atoms with E-state index in [4.69, 9.17) is 13.3 Å². The van der Waals surface area contributed by atoms with Crippen molar-refractivity contribution in [1.29, 1.82) is 0 Å². The topological polar surface area (TPSA) is 30.9 Å². The second-order valence-electron chi connectivity index (χ2n) is 6.72. The summed E-state index contributed by atoms with van der Waals surface area (Å²) in [7, 11) is 2.75. The maximum absolute atomic E-state index is 5.46. The molecular formula is C19H43NO3Si. The molecule has 0 saturated heterocycles. The molecule has 4 nitrogen and oxygen atoms in total. The van der Waals surface area contributed by atoms with Crippen LogP contribution in [0.2, 0.25) is 6.04 Å². The average Bonchev–Trinajstić information content (AvgIpc) is 2.62. The molecule has 0 rings (SSSR count). The van der Waals surface area contributed by atoms with Crippen LogP contribution in [0.25, 0.3) is 0 Å². The lowest BCUT2D eigenvalue weighted by atomic mass is 10.1. The van der Waals surface area contributed by atoms with Crippen molar-refractivity contribution in [3.8, 4) is 0 Å². The Morgan fingerprint density at radius 3 is 1.46 bits per heavy atom. The molecule has 0 saturated carbocycles. The van der Waals surface area contributed by atoms with Crippen molar-refractivity contribution < 1.29 is 13.3 Å². The van der Waals surface area contributed by atoms with Crippen LogP contribution >= 0.6 is 0 Å². The lowest BCUT2D eigenvalue weighted by Crippen LogP contribution is -2.42. The van der Waals surface area contributed by atoms with Gasteiger partial charge in [0.1, 0.15) is 0 Å². The minimum absolute atomic E-state index is 0.929. The highest BCUT2D eigenvalue weighted by atomic mass is 28.4. The smallest absolute Gasteiger partial charge is 0.377 e. The Morgan fingerprint density at radius 1 is 0.583 bits per heavy atom. The summed E-state index contributed by atoms with van der Waals surface area (Å²) < 4.78 is 16.4. The van der Waals surface area contributed by atoms with Crippen LogP contribution in [-0.2, 0) is 13.3 Å². The van der Waals surface area contributed by atoms with Gasteiger partial charge in [0, 0.05) is 27.4 Å². The van der Waals surface area contributed by atoms with E-state index >= 15 is 0 Å². The van der Waals surface area contributed by atoms with E-state index < -0.39 is 8.80 Å². The monoisotopic (exact) mass is 361 g/mol. The van der Waals surface area contributed by atoms with E-state index in [9.17, 15) is 0 Å². The zero-order valence-electron chi connectivity index (χ0n) is 17.1. The summed E-state index contributed by atoms with van der Waals surface area (Å²) in [5.41, 5.74) is 0. The Bertz CT molecular complexity index is 247. The van der Waals surface area contributed by atoms with Crippen molar-refractivity contribution in [1.82, 2.24) is 4.90 Å². The fraction of sp³-hybridized carbons (Fsp3) is 1.00. The predicted octanol–water partition coefficient (Wildman–Crippen LogP) is 5.11. The van der Waals surface area contributed by atoms with Gasteiger partial charge in [-0.25, -0.2) is 0 Å². The van der Waals surface area contributed by atoms with Gasteiger partial charge in [0.2, 0.25) is 0 Å². The van der Waals surface area contributed by atoms with Crippen LogP contribution in [0.1, 0.15) is 78.1 Å². The zero-order valence-corrected chi connectivity index (χ0v) is 18.1. The van der Waals surface area contributed by atoms with Crippen LogP contribution in [0.15, 0.2) is 0 Å². The minimum Gasteiger partial charge on any atom is -0.377 e. The first-order valence-electron chi connectivity index (χ1n) is 10.1. The summed E-state index contributed by atoms with van der Waals surface area (Å²) in [4.78, 5) is 2.67. The van der Waals surface area contributed by atoms with Gasteiger partial charge >= 0.3 is 8.80 Å². The third-order valence-electron chi connectivity index (χ3n) is 4.80. The standard InChI is InChI=1S/C19H43NO3Si/c1-6-8-16-20(17-9-7-2)18-14-12-10-11-13-15-19-24(21-3,22-4)23-5/h6-19H2,1-5H3. The molecule has 0 aromatic heterocycles. The van der Waals surface area contributed by atoms with Crippen LogP contribution in [0.5, 0.6) is 0 Å². The van der Waals surface area contributed by atoms with Crippen LogP contribution in [0, 0.1) is 0 Å². The van der Waals surface area contributed by atoms with Gasteiger partial charge in [-0.05, 0) is 45.3 Å². The van der Waals surface area contributed by atoms with Crippen molar-refractivity contribution >= 4 is 8.80 Å². The predicted molar refractivity (Wildman–Crippen MR) is 106 cm³/mol. The Labute approximate surface area is 152 Å². The van der Waals surface area contributed by atoms with E-state index in [1.165, 1.54) is 77.4 Å². The summed E-state index contributed by atoms with van der Waals surface area (Å²) in [6.07, 6.45) is 13.0. The fourth-order valence-electron chi connectivity index (χ4n) is 3.04. The second-order valence-corrected chi connectivity index (χ2v) is 9.81. The highest BCUT2D eigenvalue weighted by molar-refractivity contribution is 6.60. The molecule has 24 heavy (non-hydrogen) atoms. The molecule has 5 heteroatoms. The Morgan fingerprint density at radius 2 is 1.00 bits per heavy atom. The summed E-state index contributed by atoms with van der Waals surface area (Å²) in [5.74, 6) is 0. The summed E-state index contributed by atoms with van der Waals surface area (Å²) in [6.45, 7) is 8.42. The molecule has 0 spiro atoms. The molecule has 146 valence electrons. The number of rotatable bonds is 18. The maximum Gasteiger partial charge on any atom is 0.500 e. The van der Waals surface area contributed by atoms with Crippen molar-refractivity contribution in [3.05, 3.63) is 0 Å². The van der Waals surface area contributed by atoms with Gasteiger partial charge in [-0.2, -0.15) is 0 Å². The van der Waals surface area contributed by atoms with Gasteiger partial charge in [-0.3, -0.25) is 0 Å². The fourth-order valence-corrected chi connectivity index (χ4v) is 4.83. The Balaban J connectivity index is 3.66. The van der Waals surface area contributed by atoms with Crippen molar-refractivity contribution in [2.75, 3.05) is 41.0 Å². The van der Waals surface area contributed by atoms with Gasteiger partial charge in [0.25, 0.3) is 0 Å². The molecule has 0 aromatic carbocycles. The molecule has 0 aliphatic rings. The summed E-state index contributed by atoms with van der Waals surface area (Å²) in [6, 6.07) is 0.929. The van der Waals surface area contributed by atoms with Crippen LogP contribution in [0.3, 0.4) is 0 Å². The van der Waals surface area contributed by atoms with E-state index in [0.29, 0.717) is 0 Å². The molecule has 0 N–H and O–H groups in total. The van der Waals surface area contributed by atoms with E-state index in [2.05, 4.69) is 18.7 Å². The number of nitrogens with zero attached hydrogens (tertiary/aromatic N) is 1. The van der Waals surface area contributed by atoms with Crippen LogP contribution in [-0.4, -0.2) is 54.7 Å². The molecule has 0 heterocycles. The average molecular weight is 362 g/mol. The van der Waals surface area contributed by atoms with Crippen molar-refractivity contribution in [2.45, 2.75) is 84.1 Å². The maximum atomic E-state index is 5.46. The normalized spacial score (nSPS) is 12.2. The lowest BCUT2D eigenvalue weighted by Gasteiger charge is -2.24. The Kier molecular flexibility index (Phi) is 16.6. The van der Waals surface area contributed by atoms with Crippen molar-refractivity contribution in [3.63, 3.8) is 0 Å². The molecule has 0 bridgehead atoms. The first-order valence-corrected chi connectivity index (χ1v) is 12.0. The second kappa shape index (κ2) is 16.5. The lowest BCUT2D eigenvalue weighted by molar-refractivity contribution is 0.122. The van der Waals surface area contributed by atoms with Gasteiger partial charge in [0.15, 0.2) is 0 Å². The quantitative estimate of drug-likeness (QED) is 0.251. The molecule has 0 radical (unpaired) electrons. The zero-order chi connectivity index (χ0) is 18.1. The third kappa shape index (κ3) is 11.6. The SMILES string of the molecule is CCCCN(CCCC)CCCCCCCC[Si](OC)(OC)OC. The van der Waals surface area contributed by atoms with E-state index in [1.54, 1.807) is 21.3 Å². The number of hydrogen-bond acceptors (Lipinski definition) is 4. The third-order valence-corrected chi connectivity index (χ3v) is 7.63. The Hall–Kier alpha value is 0.0569. The molecule has 0 unspecified atom stereocenters. The molecule has 0 aliphatic heterocycles. The van der Waals surface area contributed by atoms with Crippen LogP contribution < -0.4 is 0 Å². The van der Waals surface area contributed by atoms with E-state index in [-0.39, 0.29) is 0 Å². The summed E-state index contributed by atoms with van der Waals surface area (Å²) >= 11 is 0. The first-order chi connectivity index (χ1) is 11.7. The number of hydrogen-bond donors (Lipinski definition) is 0. The van der Waals surface area contributed by atoms with E-state index in [1.807, 2.05) is 0 Å².